The number of nitrogens with one attached hydrogen (secondary N) is 2. The Morgan fingerprint density at radius 1 is 1.25 bits per heavy atom. The number of halogens is 1. The summed E-state index contributed by atoms with van der Waals surface area (Å²) in [6.45, 7) is -0.0630. The summed E-state index contributed by atoms with van der Waals surface area (Å²) in [7, 11) is 1.24. The number of ether oxygens (including phenoxy) is 1. The molecule has 7 nitrogen and oxygen atoms in total. The number of thiazole rings is 1. The molecule has 0 saturated carbocycles. The molecule has 0 fully saturated rings. The van der Waals surface area contributed by atoms with Crippen molar-refractivity contribution in [3.8, 4) is 11.1 Å². The van der Waals surface area contributed by atoms with Gasteiger partial charge in [-0.2, -0.15) is 0 Å². The van der Waals surface area contributed by atoms with Crippen molar-refractivity contribution in [2.75, 3.05) is 19.0 Å². The fourth-order valence-electron chi connectivity index (χ4n) is 2.62. The maximum absolute atomic E-state index is 14.7. The molecule has 2 aromatic carbocycles. The van der Waals surface area contributed by atoms with E-state index in [-0.39, 0.29) is 18.9 Å². The van der Waals surface area contributed by atoms with Crippen LogP contribution in [0.5, 0.6) is 0 Å². The van der Waals surface area contributed by atoms with E-state index in [1.54, 1.807) is 30.3 Å². The molecule has 3 rings (SSSR count). The number of carbonyl (C=O) groups is 3. The zero-order valence-electron chi connectivity index (χ0n) is 14.8. The van der Waals surface area contributed by atoms with Gasteiger partial charge >= 0.3 is 6.09 Å². The molecule has 1 heterocycles. The summed E-state index contributed by atoms with van der Waals surface area (Å²) in [5.41, 5.74) is 1.62. The molecule has 0 aliphatic rings. The van der Waals surface area contributed by atoms with Crippen LogP contribution in [0.3, 0.4) is 0 Å². The number of anilines is 1. The third kappa shape index (κ3) is 4.32. The van der Waals surface area contributed by atoms with E-state index < -0.39 is 11.9 Å². The van der Waals surface area contributed by atoms with Gasteiger partial charge in [0.25, 0.3) is 0 Å². The van der Waals surface area contributed by atoms with Gasteiger partial charge in [-0.15, -0.1) is 11.3 Å². The highest BCUT2D eigenvalue weighted by Crippen LogP contribution is 2.34. The predicted octanol–water partition coefficient (Wildman–Crippen LogP) is 3.14. The Hall–Kier alpha value is -3.33. The van der Waals surface area contributed by atoms with Gasteiger partial charge in [-0.25, -0.2) is 14.2 Å². The molecule has 0 saturated heterocycles. The van der Waals surface area contributed by atoms with Gasteiger partial charge in [0.1, 0.15) is 17.1 Å². The van der Waals surface area contributed by atoms with E-state index in [0.29, 0.717) is 38.3 Å². The molecule has 0 aliphatic heterocycles. The first-order chi connectivity index (χ1) is 13.5. The van der Waals surface area contributed by atoms with Crippen LogP contribution in [-0.2, 0) is 20.7 Å². The second kappa shape index (κ2) is 8.57. The smallest absolute Gasteiger partial charge is 0.411 e. The minimum atomic E-state index is -0.657. The van der Waals surface area contributed by atoms with E-state index in [1.165, 1.54) is 24.5 Å². The Kier molecular flexibility index (Phi) is 5.95. The van der Waals surface area contributed by atoms with E-state index in [0.717, 1.165) is 0 Å². The highest BCUT2D eigenvalue weighted by atomic mass is 32.1. The average Bonchev–Trinajstić information content (AvgIpc) is 3.07. The Balaban J connectivity index is 1.95. The van der Waals surface area contributed by atoms with Crippen LogP contribution in [0, 0.1) is 5.82 Å². The third-order valence-electron chi connectivity index (χ3n) is 3.86. The second-order valence-corrected chi connectivity index (χ2v) is 6.83. The maximum atomic E-state index is 14.7. The summed E-state index contributed by atoms with van der Waals surface area (Å²) in [6, 6.07) is 9.70. The molecule has 2 amide bonds. The fourth-order valence-corrected chi connectivity index (χ4v) is 3.61. The van der Waals surface area contributed by atoms with Crippen molar-refractivity contribution in [3.63, 3.8) is 0 Å². The normalized spacial score (nSPS) is 10.5. The first-order valence-electron chi connectivity index (χ1n) is 8.25. The number of methoxy groups -OCH3 is 1. The number of aromatic nitrogens is 1. The average molecular weight is 401 g/mol. The number of carbonyl (C=O) groups excluding carboxylic acids is 3. The number of hydrogen-bond acceptors (Lipinski definition) is 6. The summed E-state index contributed by atoms with van der Waals surface area (Å²) < 4.78 is 20.0. The monoisotopic (exact) mass is 401 g/mol. The van der Waals surface area contributed by atoms with Crippen molar-refractivity contribution < 1.29 is 23.5 Å². The third-order valence-corrected chi connectivity index (χ3v) is 4.87. The Bertz CT molecular complexity index is 1050. The summed E-state index contributed by atoms with van der Waals surface area (Å²) in [4.78, 5) is 37.9. The standard InChI is InChI=1S/C19H16FN3O4S/c1-27-19(26)23-14-5-3-2-4-11(14)12-8-16-15(9-13(12)20)22-18(28-16)10-17(25)21-6-7-24/h2-5,7-9H,6,10H2,1H3,(H,21,25)(H,23,26). The van der Waals surface area contributed by atoms with Crippen LogP contribution < -0.4 is 10.6 Å². The number of hydrogen-bond donors (Lipinski definition) is 2. The zero-order valence-corrected chi connectivity index (χ0v) is 15.6. The van der Waals surface area contributed by atoms with Crippen molar-refractivity contribution in [2.45, 2.75) is 6.42 Å². The lowest BCUT2D eigenvalue weighted by Gasteiger charge is -2.11. The van der Waals surface area contributed by atoms with Crippen molar-refractivity contribution in [1.82, 2.24) is 10.3 Å². The number of amides is 2. The summed E-state index contributed by atoms with van der Waals surface area (Å²) in [6.07, 6.45) is -0.0575. The van der Waals surface area contributed by atoms with Gasteiger partial charge < -0.3 is 14.8 Å². The highest BCUT2D eigenvalue weighted by Gasteiger charge is 2.16. The summed E-state index contributed by atoms with van der Waals surface area (Å²) in [5, 5.41) is 5.51. The van der Waals surface area contributed by atoms with E-state index >= 15 is 0 Å². The molecule has 28 heavy (non-hydrogen) atoms. The lowest BCUT2D eigenvalue weighted by Crippen LogP contribution is -2.26. The van der Waals surface area contributed by atoms with Crippen molar-refractivity contribution in [1.29, 1.82) is 0 Å². The minimum absolute atomic E-state index is 0.00459. The largest absolute Gasteiger partial charge is 0.453 e. The van der Waals surface area contributed by atoms with E-state index in [4.69, 9.17) is 0 Å². The zero-order chi connectivity index (χ0) is 20.1. The Morgan fingerprint density at radius 2 is 2.04 bits per heavy atom. The van der Waals surface area contributed by atoms with Crippen molar-refractivity contribution >= 4 is 45.5 Å². The van der Waals surface area contributed by atoms with E-state index in [9.17, 15) is 18.8 Å². The van der Waals surface area contributed by atoms with Crippen LogP contribution in [0.4, 0.5) is 14.9 Å². The molecule has 0 radical (unpaired) electrons. The molecule has 0 aliphatic carbocycles. The number of rotatable bonds is 6. The van der Waals surface area contributed by atoms with Crippen LogP contribution in [0.15, 0.2) is 36.4 Å². The lowest BCUT2D eigenvalue weighted by atomic mass is 10.0. The van der Waals surface area contributed by atoms with Gasteiger partial charge in [0, 0.05) is 17.2 Å². The summed E-state index contributed by atoms with van der Waals surface area (Å²) >= 11 is 1.26. The SMILES string of the molecule is COC(=O)Nc1ccccc1-c1cc2sc(CC(=O)NCC=O)nc2cc1F. The van der Waals surface area contributed by atoms with Gasteiger partial charge in [-0.3, -0.25) is 10.1 Å². The number of nitrogens with zero attached hydrogens (tertiary/aromatic N) is 1. The molecule has 0 spiro atoms. The molecule has 144 valence electrons. The number of benzene rings is 2. The lowest BCUT2D eigenvalue weighted by molar-refractivity contribution is -0.121. The molecule has 0 atom stereocenters. The highest BCUT2D eigenvalue weighted by molar-refractivity contribution is 7.18. The second-order valence-electron chi connectivity index (χ2n) is 5.72. The molecule has 1 aromatic heterocycles. The Morgan fingerprint density at radius 3 is 2.79 bits per heavy atom. The molecular weight excluding hydrogens is 385 g/mol. The van der Waals surface area contributed by atoms with Crippen LogP contribution >= 0.6 is 11.3 Å². The molecule has 9 heteroatoms. The quantitative estimate of drug-likeness (QED) is 0.619. The van der Waals surface area contributed by atoms with Gasteiger partial charge in [0.2, 0.25) is 5.91 Å². The first kappa shape index (κ1) is 19.4. The molecular formula is C19H16FN3O4S. The molecule has 2 N–H and O–H groups in total. The number of aldehydes is 1. The van der Waals surface area contributed by atoms with Crippen molar-refractivity contribution in [2.24, 2.45) is 0 Å². The van der Waals surface area contributed by atoms with Gasteiger partial charge in [-0.05, 0) is 12.1 Å². The van der Waals surface area contributed by atoms with Crippen LogP contribution in [0.1, 0.15) is 5.01 Å². The van der Waals surface area contributed by atoms with Crippen LogP contribution in [0.25, 0.3) is 21.3 Å². The van der Waals surface area contributed by atoms with Crippen LogP contribution in [-0.4, -0.2) is 36.9 Å². The summed E-state index contributed by atoms with van der Waals surface area (Å²) in [5.74, 6) is -0.839. The molecule has 0 unspecified atom stereocenters. The van der Waals surface area contributed by atoms with Crippen molar-refractivity contribution in [3.05, 3.63) is 47.2 Å². The molecule has 3 aromatic rings. The first-order valence-corrected chi connectivity index (χ1v) is 9.07. The minimum Gasteiger partial charge on any atom is -0.453 e. The topological polar surface area (TPSA) is 97.4 Å². The van der Waals surface area contributed by atoms with Gasteiger partial charge in [-0.1, -0.05) is 18.2 Å². The number of para-hydroxylation sites is 1. The van der Waals surface area contributed by atoms with Gasteiger partial charge in [0.15, 0.2) is 0 Å². The number of fused-ring (bicyclic) bond motifs is 1. The van der Waals surface area contributed by atoms with E-state index in [2.05, 4.69) is 20.4 Å². The fraction of sp³-hybridized carbons (Fsp3) is 0.158. The van der Waals surface area contributed by atoms with Gasteiger partial charge in [0.05, 0.1) is 36.0 Å². The maximum Gasteiger partial charge on any atom is 0.411 e. The van der Waals surface area contributed by atoms with E-state index in [1.807, 2.05) is 0 Å². The Labute approximate surface area is 163 Å². The van der Waals surface area contributed by atoms with Crippen LogP contribution in [0.2, 0.25) is 0 Å². The predicted molar refractivity (Wildman–Crippen MR) is 104 cm³/mol. The molecule has 0 bridgehead atoms.